The second-order valence-corrected chi connectivity index (χ2v) is 11.4. The minimum absolute atomic E-state index is 0. The minimum atomic E-state index is -3.16. The molecular weight excluding hydrogens is 544 g/mol. The van der Waals surface area contributed by atoms with Crippen LogP contribution >= 0.6 is 11.6 Å². The zero-order valence-electron chi connectivity index (χ0n) is 22.6. The standard InChI is InChI=1S/C23H21ClFN2O4.C3H8NO2S.Li/c1-26(2)23(29)31-21-12-20-15(11-19(21)25)17(13-27-8-5-9-27)16(22(28)30-20)10-14-6-3-4-7-18(14)24;1-4(2)7(3,5)6;/h3-4,6,11-12H,5,8-10,13H2,1-2H3;3H2,1-2H3;/q2*-1;+1. The summed E-state index contributed by atoms with van der Waals surface area (Å²) in [6.45, 7) is 2.30. The van der Waals surface area contributed by atoms with Crippen molar-refractivity contribution < 1.29 is 45.6 Å². The molecule has 0 spiro atoms. The molecule has 1 saturated heterocycles. The fourth-order valence-electron chi connectivity index (χ4n) is 3.47. The van der Waals surface area contributed by atoms with E-state index < -0.39 is 27.6 Å². The average molecular weight is 573 g/mol. The van der Waals surface area contributed by atoms with Crippen LogP contribution in [0.2, 0.25) is 5.02 Å². The third-order valence-electron chi connectivity index (χ3n) is 5.87. The molecule has 1 aliphatic heterocycles. The Morgan fingerprint density at radius 1 is 1.23 bits per heavy atom. The van der Waals surface area contributed by atoms with Gasteiger partial charge in [0.2, 0.25) is 0 Å². The SMILES string of the molecule is CN(C)C(=O)Oc1cc2oc(=O)c(Cc3ccc[c-]c3Cl)c(CN3CCC3)c2cc1F.[CH2-]S(=O)(=O)N(C)C.[Li+]. The van der Waals surface area contributed by atoms with Gasteiger partial charge in [-0.05, 0) is 51.7 Å². The summed E-state index contributed by atoms with van der Waals surface area (Å²) in [5.74, 6) is -1.00. The molecule has 4 rings (SSSR count). The number of benzene rings is 2. The van der Waals surface area contributed by atoms with Gasteiger partial charge < -0.3 is 14.1 Å². The van der Waals surface area contributed by atoms with E-state index in [0.29, 0.717) is 28.1 Å². The van der Waals surface area contributed by atoms with Crippen LogP contribution in [0, 0.1) is 18.1 Å². The molecule has 1 amide bonds. The zero-order chi connectivity index (χ0) is 28.2. The molecule has 0 unspecified atom stereocenters. The van der Waals surface area contributed by atoms with Crippen molar-refractivity contribution in [2.24, 2.45) is 0 Å². The minimum Gasteiger partial charge on any atom is -0.422 e. The molecule has 0 aliphatic carbocycles. The molecule has 2 heterocycles. The number of hydrogen-bond acceptors (Lipinski definition) is 7. The molecule has 2 aromatic carbocycles. The summed E-state index contributed by atoms with van der Waals surface area (Å²) >= 11 is 6.25. The molecule has 1 fully saturated rings. The van der Waals surface area contributed by atoms with Crippen LogP contribution in [0.1, 0.15) is 23.1 Å². The Morgan fingerprint density at radius 3 is 2.38 bits per heavy atom. The van der Waals surface area contributed by atoms with Crippen LogP contribution in [-0.4, -0.2) is 69.9 Å². The van der Waals surface area contributed by atoms with Crippen molar-refractivity contribution in [3.05, 3.63) is 80.6 Å². The molecule has 1 aromatic heterocycles. The van der Waals surface area contributed by atoms with Gasteiger partial charge in [0.25, 0.3) is 0 Å². The first-order valence-corrected chi connectivity index (χ1v) is 13.6. The van der Waals surface area contributed by atoms with Gasteiger partial charge in [-0.15, -0.1) is 17.2 Å². The van der Waals surface area contributed by atoms with Gasteiger partial charge in [0.15, 0.2) is 11.6 Å². The number of amides is 1. The Labute approximate surface area is 244 Å². The van der Waals surface area contributed by atoms with Gasteiger partial charge in [-0.2, -0.15) is 24.3 Å². The summed E-state index contributed by atoms with van der Waals surface area (Å²) in [5.41, 5.74) is 1.49. The first-order chi connectivity index (χ1) is 17.8. The number of carbonyl (C=O) groups is 1. The Bertz CT molecular complexity index is 1490. The fourth-order valence-corrected chi connectivity index (χ4v) is 3.66. The summed E-state index contributed by atoms with van der Waals surface area (Å²) in [5, 5.41) is 0.897. The van der Waals surface area contributed by atoms with Gasteiger partial charge in [-0.3, -0.25) is 4.90 Å². The Morgan fingerprint density at radius 2 is 1.87 bits per heavy atom. The maximum atomic E-state index is 14.8. The second kappa shape index (κ2) is 13.8. The molecule has 206 valence electrons. The summed E-state index contributed by atoms with van der Waals surface area (Å²) in [6.07, 6.45) is 3.46. The number of rotatable bonds is 6. The molecule has 3 aromatic rings. The number of likely N-dealkylation sites (tertiary alicyclic amines) is 1. The molecule has 39 heavy (non-hydrogen) atoms. The molecule has 0 bridgehead atoms. The zero-order valence-corrected chi connectivity index (χ0v) is 24.2. The molecule has 0 radical (unpaired) electrons. The van der Waals surface area contributed by atoms with Gasteiger partial charge in [-0.1, -0.05) is 5.02 Å². The van der Waals surface area contributed by atoms with Crippen molar-refractivity contribution >= 4 is 38.7 Å². The van der Waals surface area contributed by atoms with Gasteiger partial charge in [-0.25, -0.2) is 33.0 Å². The van der Waals surface area contributed by atoms with Gasteiger partial charge in [0, 0.05) is 37.7 Å². The normalized spacial score (nSPS) is 13.2. The van der Waals surface area contributed by atoms with E-state index in [2.05, 4.69) is 17.2 Å². The van der Waals surface area contributed by atoms with Crippen molar-refractivity contribution in [2.75, 3.05) is 41.3 Å². The van der Waals surface area contributed by atoms with Gasteiger partial charge in [0.05, 0.1) is 10.0 Å². The summed E-state index contributed by atoms with van der Waals surface area (Å²) in [7, 11) is 2.69. The molecule has 13 heteroatoms. The maximum Gasteiger partial charge on any atom is 1.00 e. The van der Waals surface area contributed by atoms with Crippen LogP contribution < -0.4 is 29.2 Å². The van der Waals surface area contributed by atoms with E-state index in [-0.39, 0.29) is 36.6 Å². The van der Waals surface area contributed by atoms with Crippen molar-refractivity contribution in [2.45, 2.75) is 19.4 Å². The van der Waals surface area contributed by atoms with E-state index in [4.69, 9.17) is 20.8 Å². The van der Waals surface area contributed by atoms with Crippen molar-refractivity contribution in [3.63, 3.8) is 0 Å². The summed E-state index contributed by atoms with van der Waals surface area (Å²) in [6, 6.07) is 10.7. The van der Waals surface area contributed by atoms with E-state index in [1.165, 1.54) is 45.2 Å². The van der Waals surface area contributed by atoms with Gasteiger partial charge in [0.1, 0.15) is 5.58 Å². The quantitative estimate of drug-likeness (QED) is 0.246. The largest absolute Gasteiger partial charge is 1.00 e. The number of sulfonamides is 1. The molecule has 9 nitrogen and oxygen atoms in total. The van der Waals surface area contributed by atoms with Crippen LogP contribution in [0.3, 0.4) is 0 Å². The smallest absolute Gasteiger partial charge is 0.422 e. The monoisotopic (exact) mass is 572 g/mol. The Kier molecular flexibility index (Phi) is 11.6. The van der Waals surface area contributed by atoms with Gasteiger partial charge >= 0.3 is 30.6 Å². The fraction of sp³-hybridized carbons (Fsp3) is 0.346. The average Bonchev–Trinajstić information content (AvgIpc) is 2.79. The van der Waals surface area contributed by atoms with E-state index in [1.54, 1.807) is 12.1 Å². The first kappa shape index (κ1) is 32.8. The summed E-state index contributed by atoms with van der Waals surface area (Å²) < 4.78 is 46.7. The molecule has 0 N–H and O–H groups in total. The number of halogens is 2. The predicted octanol–water partition coefficient (Wildman–Crippen LogP) is 0.916. The number of carbonyl (C=O) groups excluding carboxylic acids is 1. The van der Waals surface area contributed by atoms with Crippen LogP contribution in [0.15, 0.2) is 39.5 Å². The Hall–Kier alpha value is -2.39. The maximum absolute atomic E-state index is 14.8. The third-order valence-corrected chi connectivity index (χ3v) is 7.34. The Balaban J connectivity index is 0.000000592. The van der Waals surface area contributed by atoms with Crippen molar-refractivity contribution in [1.82, 2.24) is 14.1 Å². The van der Waals surface area contributed by atoms with Crippen LogP contribution in [0.4, 0.5) is 9.18 Å². The third kappa shape index (κ3) is 8.54. The van der Waals surface area contributed by atoms with Crippen molar-refractivity contribution in [3.8, 4) is 5.75 Å². The predicted molar refractivity (Wildman–Crippen MR) is 143 cm³/mol. The molecular formula is C26H29ClFLiN3O6S-. The van der Waals surface area contributed by atoms with Crippen LogP contribution in [-0.2, 0) is 23.0 Å². The number of nitrogens with zero attached hydrogens (tertiary/aromatic N) is 3. The van der Waals surface area contributed by atoms with E-state index >= 15 is 0 Å². The van der Waals surface area contributed by atoms with Crippen molar-refractivity contribution in [1.29, 1.82) is 0 Å². The first-order valence-electron chi connectivity index (χ1n) is 11.6. The topological polar surface area (TPSA) is 100 Å². The van der Waals surface area contributed by atoms with E-state index in [0.717, 1.165) is 29.4 Å². The number of hydrogen-bond donors (Lipinski definition) is 0. The molecule has 0 saturated carbocycles. The summed E-state index contributed by atoms with van der Waals surface area (Å²) in [4.78, 5) is 28.1. The van der Waals surface area contributed by atoms with Crippen LogP contribution in [0.5, 0.6) is 5.75 Å². The van der Waals surface area contributed by atoms with E-state index in [9.17, 15) is 22.4 Å². The number of fused-ring (bicyclic) bond motifs is 1. The molecule has 0 atom stereocenters. The second-order valence-electron chi connectivity index (χ2n) is 9.10. The van der Waals surface area contributed by atoms with E-state index in [1.807, 2.05) is 6.07 Å². The molecule has 1 aliphatic rings. The van der Waals surface area contributed by atoms with Crippen LogP contribution in [0.25, 0.3) is 11.0 Å². The number of ether oxygens (including phenoxy) is 1.